The van der Waals surface area contributed by atoms with Crippen molar-refractivity contribution in [3.63, 3.8) is 0 Å². The van der Waals surface area contributed by atoms with Crippen molar-refractivity contribution in [3.05, 3.63) is 45.8 Å². The summed E-state index contributed by atoms with van der Waals surface area (Å²) in [5.74, 6) is -1.11. The summed E-state index contributed by atoms with van der Waals surface area (Å²) in [6.45, 7) is 2.18. The SMILES string of the molecule is CCS(=O)(=O)c1ccc(C(=O)Nc2sc3c(c2C(=O)OC)CCN(C(=O)OC)C3)cc1. The van der Waals surface area contributed by atoms with E-state index in [1.807, 2.05) is 0 Å². The highest BCUT2D eigenvalue weighted by Gasteiger charge is 2.31. The first kappa shape index (κ1) is 22.8. The zero-order chi connectivity index (χ0) is 22.8. The number of esters is 1. The van der Waals surface area contributed by atoms with Crippen molar-refractivity contribution < 1.29 is 32.3 Å². The maximum Gasteiger partial charge on any atom is 0.409 e. The number of hydrogen-bond acceptors (Lipinski definition) is 8. The van der Waals surface area contributed by atoms with Crippen LogP contribution in [0.5, 0.6) is 0 Å². The minimum atomic E-state index is -3.37. The fourth-order valence-corrected chi connectivity index (χ4v) is 5.38. The van der Waals surface area contributed by atoms with E-state index in [0.29, 0.717) is 18.0 Å². The van der Waals surface area contributed by atoms with Crippen molar-refractivity contribution in [1.29, 1.82) is 0 Å². The Labute approximate surface area is 183 Å². The number of thiophene rings is 1. The van der Waals surface area contributed by atoms with E-state index < -0.39 is 27.8 Å². The number of benzene rings is 1. The number of methoxy groups -OCH3 is 2. The van der Waals surface area contributed by atoms with Gasteiger partial charge in [0.1, 0.15) is 5.00 Å². The predicted molar refractivity (Wildman–Crippen MR) is 114 cm³/mol. The van der Waals surface area contributed by atoms with Crippen LogP contribution in [0.1, 0.15) is 38.1 Å². The fourth-order valence-electron chi connectivity index (χ4n) is 3.25. The molecule has 2 amide bonds. The third-order valence-corrected chi connectivity index (χ3v) is 7.84. The van der Waals surface area contributed by atoms with Gasteiger partial charge in [-0.15, -0.1) is 11.3 Å². The standard InChI is InChI=1S/C20H22N2O7S2/c1-4-31(26,27)13-7-5-12(6-8-13)17(23)21-18-16(19(24)28-2)14-9-10-22(20(25)29-3)11-15(14)30-18/h5-8H,4,9-11H2,1-3H3,(H,21,23). The number of anilines is 1. The van der Waals surface area contributed by atoms with E-state index in [2.05, 4.69) is 5.32 Å². The van der Waals surface area contributed by atoms with Gasteiger partial charge in [-0.2, -0.15) is 0 Å². The molecule has 1 aromatic heterocycles. The number of hydrogen-bond donors (Lipinski definition) is 1. The number of rotatable bonds is 5. The Hall–Kier alpha value is -2.92. The van der Waals surface area contributed by atoms with Gasteiger partial charge < -0.3 is 19.7 Å². The van der Waals surface area contributed by atoms with Crippen LogP contribution in [0.3, 0.4) is 0 Å². The molecule has 0 unspecified atom stereocenters. The molecular formula is C20H22N2O7S2. The molecule has 1 N–H and O–H groups in total. The minimum absolute atomic E-state index is 0.0373. The van der Waals surface area contributed by atoms with E-state index in [0.717, 1.165) is 10.4 Å². The van der Waals surface area contributed by atoms with Gasteiger partial charge in [-0.3, -0.25) is 4.79 Å². The summed E-state index contributed by atoms with van der Waals surface area (Å²) in [6, 6.07) is 5.59. The second-order valence-electron chi connectivity index (χ2n) is 6.72. The highest BCUT2D eigenvalue weighted by atomic mass is 32.2. The Balaban J connectivity index is 1.89. The molecule has 0 atom stereocenters. The smallest absolute Gasteiger partial charge is 0.409 e. The number of ether oxygens (including phenoxy) is 2. The van der Waals surface area contributed by atoms with Gasteiger partial charge >= 0.3 is 12.1 Å². The van der Waals surface area contributed by atoms with Gasteiger partial charge in [0.15, 0.2) is 9.84 Å². The average Bonchev–Trinajstić information content (AvgIpc) is 3.14. The lowest BCUT2D eigenvalue weighted by Crippen LogP contribution is -2.35. The van der Waals surface area contributed by atoms with Crippen LogP contribution in [0.4, 0.5) is 9.80 Å². The van der Waals surface area contributed by atoms with Gasteiger partial charge in [0, 0.05) is 17.0 Å². The Morgan fingerprint density at radius 3 is 2.39 bits per heavy atom. The second kappa shape index (κ2) is 9.06. The molecule has 0 bridgehead atoms. The number of nitrogens with zero attached hydrogens (tertiary/aromatic N) is 1. The molecule has 0 fully saturated rings. The Morgan fingerprint density at radius 2 is 1.81 bits per heavy atom. The molecule has 0 radical (unpaired) electrons. The lowest BCUT2D eigenvalue weighted by Gasteiger charge is -2.25. The van der Waals surface area contributed by atoms with E-state index in [9.17, 15) is 22.8 Å². The van der Waals surface area contributed by atoms with E-state index >= 15 is 0 Å². The highest BCUT2D eigenvalue weighted by molar-refractivity contribution is 7.91. The summed E-state index contributed by atoms with van der Waals surface area (Å²) in [7, 11) is -0.812. The van der Waals surface area contributed by atoms with Gasteiger partial charge in [-0.25, -0.2) is 18.0 Å². The minimum Gasteiger partial charge on any atom is -0.465 e. The molecule has 2 heterocycles. The second-order valence-corrected chi connectivity index (χ2v) is 10.1. The van der Waals surface area contributed by atoms with Crippen LogP contribution in [0.2, 0.25) is 0 Å². The topological polar surface area (TPSA) is 119 Å². The van der Waals surface area contributed by atoms with Crippen molar-refractivity contribution in [2.45, 2.75) is 24.8 Å². The van der Waals surface area contributed by atoms with Gasteiger partial charge in [-0.1, -0.05) is 6.92 Å². The van der Waals surface area contributed by atoms with Crippen molar-refractivity contribution in [2.75, 3.05) is 31.8 Å². The van der Waals surface area contributed by atoms with Gasteiger partial charge in [0.2, 0.25) is 0 Å². The maximum atomic E-state index is 12.7. The first-order valence-electron chi connectivity index (χ1n) is 9.41. The van der Waals surface area contributed by atoms with Crippen molar-refractivity contribution in [3.8, 4) is 0 Å². The molecule has 0 aliphatic carbocycles. The molecule has 3 rings (SSSR count). The highest BCUT2D eigenvalue weighted by Crippen LogP contribution is 2.38. The third kappa shape index (κ3) is 4.57. The molecule has 1 aliphatic rings. The molecule has 31 heavy (non-hydrogen) atoms. The van der Waals surface area contributed by atoms with Crippen LogP contribution in [0.15, 0.2) is 29.2 Å². The van der Waals surface area contributed by atoms with Crippen LogP contribution in [-0.2, 0) is 32.3 Å². The van der Waals surface area contributed by atoms with Crippen LogP contribution in [-0.4, -0.2) is 57.8 Å². The van der Waals surface area contributed by atoms with Gasteiger partial charge in [0.25, 0.3) is 5.91 Å². The zero-order valence-corrected chi connectivity index (χ0v) is 18.9. The van der Waals surface area contributed by atoms with E-state index in [1.165, 1.54) is 54.7 Å². The predicted octanol–water partition coefficient (Wildman–Crippen LogP) is 2.71. The van der Waals surface area contributed by atoms with Crippen LogP contribution >= 0.6 is 11.3 Å². The molecule has 1 aromatic carbocycles. The number of carbonyl (C=O) groups is 3. The number of sulfone groups is 1. The summed E-state index contributed by atoms with van der Waals surface area (Å²) in [4.78, 5) is 39.4. The molecule has 166 valence electrons. The quantitative estimate of drug-likeness (QED) is 0.673. The Bertz CT molecular complexity index is 1120. The summed E-state index contributed by atoms with van der Waals surface area (Å²) in [5.41, 5.74) is 1.25. The summed E-state index contributed by atoms with van der Waals surface area (Å²) < 4.78 is 33.6. The summed E-state index contributed by atoms with van der Waals surface area (Å²) in [5, 5.41) is 3.04. The van der Waals surface area contributed by atoms with Crippen LogP contribution < -0.4 is 5.32 Å². The van der Waals surface area contributed by atoms with Crippen molar-refractivity contribution >= 4 is 44.1 Å². The number of fused-ring (bicyclic) bond motifs is 1. The summed E-state index contributed by atoms with van der Waals surface area (Å²) in [6.07, 6.45) is -0.0449. The maximum absolute atomic E-state index is 12.7. The molecule has 11 heteroatoms. The first-order chi connectivity index (χ1) is 14.7. The third-order valence-electron chi connectivity index (χ3n) is 4.96. The van der Waals surface area contributed by atoms with E-state index in [-0.39, 0.29) is 28.3 Å². The molecule has 0 spiro atoms. The van der Waals surface area contributed by atoms with Crippen molar-refractivity contribution in [1.82, 2.24) is 4.90 Å². The van der Waals surface area contributed by atoms with E-state index in [4.69, 9.17) is 9.47 Å². The van der Waals surface area contributed by atoms with Crippen molar-refractivity contribution in [2.24, 2.45) is 0 Å². The molecule has 9 nitrogen and oxygen atoms in total. The molecule has 0 saturated carbocycles. The number of carbonyl (C=O) groups excluding carboxylic acids is 3. The fraction of sp³-hybridized carbons (Fsp3) is 0.350. The largest absolute Gasteiger partial charge is 0.465 e. The van der Waals surface area contributed by atoms with Gasteiger partial charge in [-0.05, 0) is 36.2 Å². The normalized spacial score (nSPS) is 13.3. The Kier molecular flexibility index (Phi) is 6.65. The number of amides is 2. The Morgan fingerprint density at radius 1 is 1.13 bits per heavy atom. The average molecular weight is 467 g/mol. The van der Waals surface area contributed by atoms with Gasteiger partial charge in [0.05, 0.1) is 37.0 Å². The molecular weight excluding hydrogens is 444 g/mol. The van der Waals surface area contributed by atoms with E-state index in [1.54, 1.807) is 6.92 Å². The lowest BCUT2D eigenvalue weighted by molar-refractivity contribution is 0.0600. The molecule has 0 saturated heterocycles. The first-order valence-corrected chi connectivity index (χ1v) is 11.9. The lowest BCUT2D eigenvalue weighted by atomic mass is 10.0. The summed E-state index contributed by atoms with van der Waals surface area (Å²) >= 11 is 1.19. The molecule has 2 aromatic rings. The zero-order valence-electron chi connectivity index (χ0n) is 17.3. The number of nitrogens with one attached hydrogen (secondary N) is 1. The molecule has 1 aliphatic heterocycles. The monoisotopic (exact) mass is 466 g/mol. The van der Waals surface area contributed by atoms with Crippen LogP contribution in [0.25, 0.3) is 0 Å². The van der Waals surface area contributed by atoms with Crippen LogP contribution in [0, 0.1) is 0 Å².